The molecule has 4 aliphatic rings. The van der Waals surface area contributed by atoms with Crippen LogP contribution in [0.4, 0.5) is 4.39 Å². The number of para-hydroxylation sites is 1. The molecule has 2 aromatic rings. The Labute approximate surface area is 241 Å². The molecule has 2 aromatic carbocycles. The third-order valence-electron chi connectivity index (χ3n) is 8.90. The topological polar surface area (TPSA) is 92.1 Å². The molecule has 9 heteroatoms. The summed E-state index contributed by atoms with van der Waals surface area (Å²) >= 11 is 0. The fourth-order valence-electron chi connectivity index (χ4n) is 6.81. The second-order valence-corrected chi connectivity index (χ2v) is 11.3. The number of amides is 1. The predicted molar refractivity (Wildman–Crippen MR) is 154 cm³/mol. The van der Waals surface area contributed by atoms with Crippen LogP contribution >= 0.6 is 0 Å². The van der Waals surface area contributed by atoms with Crippen molar-refractivity contribution in [3.8, 4) is 23.3 Å². The summed E-state index contributed by atoms with van der Waals surface area (Å²) in [5, 5.41) is 7.08. The van der Waals surface area contributed by atoms with Gasteiger partial charge in [0.2, 0.25) is 5.91 Å². The first kappa shape index (κ1) is 27.9. The van der Waals surface area contributed by atoms with Crippen LogP contribution in [0.3, 0.4) is 0 Å². The van der Waals surface area contributed by atoms with Crippen LogP contribution in [0.25, 0.3) is 0 Å². The van der Waals surface area contributed by atoms with E-state index in [1.54, 1.807) is 18.2 Å². The third-order valence-corrected chi connectivity index (χ3v) is 8.90. The number of carbonyl (C=O) groups excluding carboxylic acids is 1. The quantitative estimate of drug-likeness (QED) is 0.383. The average Bonchev–Trinajstić information content (AvgIpc) is 3.64. The number of fused-ring (bicyclic) bond motifs is 1. The predicted octanol–water partition coefficient (Wildman–Crippen LogP) is 2.98. The second-order valence-electron chi connectivity index (χ2n) is 11.3. The number of nitrogens with zero attached hydrogens (tertiary/aromatic N) is 2. The van der Waals surface area contributed by atoms with Crippen molar-refractivity contribution in [1.29, 1.82) is 0 Å². The molecule has 4 aliphatic heterocycles. The van der Waals surface area contributed by atoms with Crippen LogP contribution in [0.2, 0.25) is 0 Å². The summed E-state index contributed by atoms with van der Waals surface area (Å²) in [6.07, 6.45) is 3.90. The lowest BCUT2D eigenvalue weighted by atomic mass is 9.80. The van der Waals surface area contributed by atoms with Gasteiger partial charge in [0.05, 0.1) is 25.0 Å². The van der Waals surface area contributed by atoms with E-state index in [9.17, 15) is 9.18 Å². The first-order chi connectivity index (χ1) is 20.0. The van der Waals surface area contributed by atoms with E-state index in [0.29, 0.717) is 32.1 Å². The van der Waals surface area contributed by atoms with Crippen molar-refractivity contribution in [1.82, 2.24) is 20.4 Å². The van der Waals surface area contributed by atoms with Gasteiger partial charge in [-0.05, 0) is 55.2 Å². The Balaban J connectivity index is 1.30. The van der Waals surface area contributed by atoms with E-state index in [1.807, 2.05) is 17.0 Å². The Morgan fingerprint density at radius 1 is 1.10 bits per heavy atom. The van der Waals surface area contributed by atoms with E-state index in [0.717, 1.165) is 31.4 Å². The molecule has 6 rings (SSSR count). The monoisotopic (exact) mass is 559 g/mol. The normalized spacial score (nSPS) is 30.3. The number of likely N-dealkylation sites (tertiary alicyclic amines) is 2. The molecule has 0 radical (unpaired) electrons. The summed E-state index contributed by atoms with van der Waals surface area (Å²) in [6, 6.07) is 14.5. The van der Waals surface area contributed by atoms with Crippen molar-refractivity contribution in [3.05, 3.63) is 72.6 Å². The zero-order chi connectivity index (χ0) is 28.3. The number of ether oxygens (including phenoxy) is 2. The molecule has 0 aromatic heterocycles. The number of nitrogens with two attached hydrogens (primary N) is 1. The summed E-state index contributed by atoms with van der Waals surface area (Å²) < 4.78 is 25.8. The number of nitrogens with one attached hydrogen (secondary N) is 2. The zero-order valence-corrected chi connectivity index (χ0v) is 23.2. The fourth-order valence-corrected chi connectivity index (χ4v) is 6.81. The molecule has 6 unspecified atom stereocenters. The van der Waals surface area contributed by atoms with Gasteiger partial charge in [-0.3, -0.25) is 20.3 Å². The largest absolute Gasteiger partial charge is 0.454 e. The first-order valence-corrected chi connectivity index (χ1v) is 14.6. The Hall–Kier alpha value is -3.26. The molecular weight excluding hydrogens is 521 g/mol. The highest BCUT2D eigenvalue weighted by Gasteiger charge is 2.54. The van der Waals surface area contributed by atoms with Gasteiger partial charge in [0.1, 0.15) is 5.75 Å². The Morgan fingerprint density at radius 3 is 2.59 bits per heavy atom. The number of hydrogen-bond acceptors (Lipinski definition) is 7. The molecule has 0 aliphatic carbocycles. The van der Waals surface area contributed by atoms with Crippen molar-refractivity contribution in [2.45, 2.75) is 49.6 Å². The zero-order valence-electron chi connectivity index (χ0n) is 23.2. The van der Waals surface area contributed by atoms with Gasteiger partial charge in [0, 0.05) is 50.2 Å². The number of carbonyl (C=O) groups is 1. The van der Waals surface area contributed by atoms with Crippen molar-refractivity contribution in [2.24, 2.45) is 17.6 Å². The molecule has 6 atom stereocenters. The minimum Gasteiger partial charge on any atom is -0.454 e. The minimum atomic E-state index is -0.398. The van der Waals surface area contributed by atoms with Gasteiger partial charge in [-0.2, -0.15) is 0 Å². The van der Waals surface area contributed by atoms with E-state index >= 15 is 0 Å². The SMILES string of the molecule is C=CC(=O)N1CCC(C#CC2C(c3ccc(Oc4ccccc4F)cc3)C3C(N)NCNC3N2C2CCOC2)CC1. The highest BCUT2D eigenvalue weighted by atomic mass is 19.1. The van der Waals surface area contributed by atoms with Crippen LogP contribution in [0, 0.1) is 29.5 Å². The van der Waals surface area contributed by atoms with Gasteiger partial charge in [-0.25, -0.2) is 4.39 Å². The summed E-state index contributed by atoms with van der Waals surface area (Å²) in [6.45, 7) is 7.06. The maximum atomic E-state index is 14.2. The number of hydrogen-bond donors (Lipinski definition) is 3. The van der Waals surface area contributed by atoms with Crippen LogP contribution < -0.4 is 21.1 Å². The Bertz CT molecular complexity index is 1300. The molecule has 4 fully saturated rings. The Kier molecular flexibility index (Phi) is 8.37. The molecule has 0 saturated carbocycles. The van der Waals surface area contributed by atoms with Crippen molar-refractivity contribution >= 4 is 5.91 Å². The molecular formula is C32H38FN5O3. The molecule has 1 amide bonds. The van der Waals surface area contributed by atoms with Crippen molar-refractivity contribution < 1.29 is 18.7 Å². The van der Waals surface area contributed by atoms with E-state index in [-0.39, 0.29) is 53.8 Å². The van der Waals surface area contributed by atoms with Crippen molar-refractivity contribution in [2.75, 3.05) is 33.0 Å². The lowest BCUT2D eigenvalue weighted by Crippen LogP contribution is -2.64. The molecule has 4 heterocycles. The summed E-state index contributed by atoms with van der Waals surface area (Å²) in [5.74, 6) is 8.03. The molecule has 0 spiro atoms. The molecule has 4 N–H and O–H groups in total. The van der Waals surface area contributed by atoms with Crippen LogP contribution in [0.15, 0.2) is 61.2 Å². The number of benzene rings is 2. The summed E-state index contributed by atoms with van der Waals surface area (Å²) in [5.41, 5.74) is 7.87. The minimum absolute atomic E-state index is 0.0151. The van der Waals surface area contributed by atoms with E-state index < -0.39 is 5.82 Å². The van der Waals surface area contributed by atoms with Gasteiger partial charge in [-0.1, -0.05) is 42.7 Å². The van der Waals surface area contributed by atoms with E-state index in [4.69, 9.17) is 15.2 Å². The Morgan fingerprint density at radius 2 is 1.88 bits per heavy atom. The highest BCUT2D eigenvalue weighted by molar-refractivity contribution is 5.87. The van der Waals surface area contributed by atoms with Gasteiger partial charge >= 0.3 is 0 Å². The molecule has 41 heavy (non-hydrogen) atoms. The second kappa shape index (κ2) is 12.3. The molecule has 216 valence electrons. The number of rotatable bonds is 5. The fraction of sp³-hybridized carbons (Fsp3) is 0.469. The molecule has 0 bridgehead atoms. The van der Waals surface area contributed by atoms with Crippen LogP contribution in [0.5, 0.6) is 11.5 Å². The maximum Gasteiger partial charge on any atom is 0.245 e. The molecule has 4 saturated heterocycles. The van der Waals surface area contributed by atoms with Gasteiger partial charge in [0.25, 0.3) is 0 Å². The van der Waals surface area contributed by atoms with E-state index in [2.05, 4.69) is 46.1 Å². The van der Waals surface area contributed by atoms with Gasteiger partial charge in [0.15, 0.2) is 11.6 Å². The lowest BCUT2D eigenvalue weighted by molar-refractivity contribution is -0.127. The molecule has 8 nitrogen and oxygen atoms in total. The number of halogens is 1. The third kappa shape index (κ3) is 5.76. The smallest absolute Gasteiger partial charge is 0.245 e. The first-order valence-electron chi connectivity index (χ1n) is 14.6. The summed E-state index contributed by atoms with van der Waals surface area (Å²) in [4.78, 5) is 16.4. The van der Waals surface area contributed by atoms with Crippen LogP contribution in [-0.2, 0) is 9.53 Å². The van der Waals surface area contributed by atoms with E-state index in [1.165, 1.54) is 12.1 Å². The van der Waals surface area contributed by atoms with Crippen molar-refractivity contribution in [3.63, 3.8) is 0 Å². The highest BCUT2D eigenvalue weighted by Crippen LogP contribution is 2.45. The summed E-state index contributed by atoms with van der Waals surface area (Å²) in [7, 11) is 0. The van der Waals surface area contributed by atoms with Crippen LogP contribution in [-0.4, -0.2) is 73.1 Å². The average molecular weight is 560 g/mol. The maximum absolute atomic E-state index is 14.2. The van der Waals surface area contributed by atoms with Gasteiger partial charge < -0.3 is 20.1 Å². The van der Waals surface area contributed by atoms with Crippen LogP contribution in [0.1, 0.15) is 30.7 Å². The standard InChI is InChI=1S/C32H38FN5O3/c1-2-28(39)37-16-13-21(14-17-37)7-12-26-29(22-8-10-24(11-9-22)41-27-6-4-3-5-25(27)33)30-31(34)35-20-36-32(30)38(26)23-15-18-40-19-23/h2-6,8-11,21,23,26,29-32,35-36H,1,13-20,34H2. The lowest BCUT2D eigenvalue weighted by Gasteiger charge is -2.39. The van der Waals surface area contributed by atoms with Gasteiger partial charge in [-0.15, -0.1) is 0 Å². The number of piperidine rings is 1.